The van der Waals surface area contributed by atoms with Gasteiger partial charge in [-0.3, -0.25) is 4.79 Å². The largest absolute Gasteiger partial charge is 0.295 e. The van der Waals surface area contributed by atoms with Crippen LogP contribution in [0, 0.1) is 23.7 Å². The van der Waals surface area contributed by atoms with E-state index in [2.05, 4.69) is 32.9 Å². The molecular weight excluding hydrogens is 184 g/mol. The first-order chi connectivity index (χ1) is 7.07. The number of carbonyl (C=O) groups excluding carboxylic acids is 1. The molecule has 15 heavy (non-hydrogen) atoms. The second-order valence-corrected chi connectivity index (χ2v) is 4.86. The second kappa shape index (κ2) is 5.29. The van der Waals surface area contributed by atoms with E-state index in [9.17, 15) is 4.79 Å². The Morgan fingerprint density at radius 3 is 2.67 bits per heavy atom. The van der Waals surface area contributed by atoms with Gasteiger partial charge in [-0.25, -0.2) is 0 Å². The SMILES string of the molecule is CC=CC(=O)[C@H]1C(C)C=CC[C@H]1C(C)C. The van der Waals surface area contributed by atoms with Crippen molar-refractivity contribution in [2.45, 2.75) is 34.1 Å². The molecule has 0 radical (unpaired) electrons. The fraction of sp³-hybridized carbons (Fsp3) is 0.643. The Balaban J connectivity index is 2.88. The van der Waals surface area contributed by atoms with E-state index in [0.29, 0.717) is 23.5 Å². The number of rotatable bonds is 3. The topological polar surface area (TPSA) is 17.1 Å². The summed E-state index contributed by atoms with van der Waals surface area (Å²) in [5.74, 6) is 1.96. The minimum Gasteiger partial charge on any atom is -0.295 e. The molecular formula is C14H22O. The molecule has 0 saturated carbocycles. The van der Waals surface area contributed by atoms with E-state index < -0.39 is 0 Å². The van der Waals surface area contributed by atoms with E-state index >= 15 is 0 Å². The van der Waals surface area contributed by atoms with Crippen molar-refractivity contribution < 1.29 is 4.79 Å². The van der Waals surface area contributed by atoms with Crippen LogP contribution in [-0.4, -0.2) is 5.78 Å². The number of hydrogen-bond donors (Lipinski definition) is 0. The zero-order chi connectivity index (χ0) is 11.4. The lowest BCUT2D eigenvalue weighted by Gasteiger charge is -2.34. The first kappa shape index (κ1) is 12.2. The minimum atomic E-state index is 0.186. The van der Waals surface area contributed by atoms with Crippen molar-refractivity contribution in [3.8, 4) is 0 Å². The molecule has 0 fully saturated rings. The molecule has 1 aliphatic carbocycles. The van der Waals surface area contributed by atoms with Crippen LogP contribution in [0.25, 0.3) is 0 Å². The van der Waals surface area contributed by atoms with Gasteiger partial charge in [0.25, 0.3) is 0 Å². The molecule has 3 atom stereocenters. The zero-order valence-electron chi connectivity index (χ0n) is 10.2. The lowest BCUT2D eigenvalue weighted by molar-refractivity contribution is -0.121. The molecule has 1 heteroatoms. The highest BCUT2D eigenvalue weighted by Crippen LogP contribution is 2.35. The fourth-order valence-electron chi connectivity index (χ4n) is 2.54. The van der Waals surface area contributed by atoms with E-state index in [1.807, 2.05) is 13.0 Å². The summed E-state index contributed by atoms with van der Waals surface area (Å²) < 4.78 is 0. The summed E-state index contributed by atoms with van der Waals surface area (Å²) in [6.07, 6.45) is 9.05. The first-order valence-electron chi connectivity index (χ1n) is 5.91. The number of ketones is 1. The Bertz CT molecular complexity index is 273. The molecule has 0 spiro atoms. The van der Waals surface area contributed by atoms with Gasteiger partial charge in [0.05, 0.1) is 0 Å². The van der Waals surface area contributed by atoms with Gasteiger partial charge in [-0.15, -0.1) is 0 Å². The van der Waals surface area contributed by atoms with Crippen LogP contribution < -0.4 is 0 Å². The molecule has 0 amide bonds. The number of allylic oxidation sites excluding steroid dienone is 4. The molecule has 0 saturated heterocycles. The van der Waals surface area contributed by atoms with Crippen molar-refractivity contribution >= 4 is 5.78 Å². The van der Waals surface area contributed by atoms with Crippen molar-refractivity contribution in [1.29, 1.82) is 0 Å². The molecule has 0 heterocycles. The quantitative estimate of drug-likeness (QED) is 0.509. The van der Waals surface area contributed by atoms with Crippen LogP contribution in [0.5, 0.6) is 0 Å². The third kappa shape index (κ3) is 2.80. The Hall–Kier alpha value is -0.850. The van der Waals surface area contributed by atoms with Gasteiger partial charge in [0.15, 0.2) is 5.78 Å². The van der Waals surface area contributed by atoms with Crippen molar-refractivity contribution in [3.05, 3.63) is 24.3 Å². The van der Waals surface area contributed by atoms with Crippen molar-refractivity contribution in [2.75, 3.05) is 0 Å². The molecule has 0 aromatic carbocycles. The maximum Gasteiger partial charge on any atom is 0.159 e. The van der Waals surface area contributed by atoms with Gasteiger partial charge in [0, 0.05) is 5.92 Å². The summed E-state index contributed by atoms with van der Waals surface area (Å²) in [5, 5.41) is 0. The molecule has 1 nitrogen and oxygen atoms in total. The molecule has 1 aliphatic rings. The monoisotopic (exact) mass is 206 g/mol. The van der Waals surface area contributed by atoms with Gasteiger partial charge in [-0.2, -0.15) is 0 Å². The van der Waals surface area contributed by atoms with Crippen LogP contribution in [0.15, 0.2) is 24.3 Å². The van der Waals surface area contributed by atoms with Crippen LogP contribution in [0.3, 0.4) is 0 Å². The molecule has 0 N–H and O–H groups in total. The van der Waals surface area contributed by atoms with Crippen molar-refractivity contribution in [1.82, 2.24) is 0 Å². The summed E-state index contributed by atoms with van der Waals surface area (Å²) in [6.45, 7) is 8.49. The smallest absolute Gasteiger partial charge is 0.159 e. The highest BCUT2D eigenvalue weighted by molar-refractivity contribution is 5.92. The summed E-state index contributed by atoms with van der Waals surface area (Å²) >= 11 is 0. The molecule has 84 valence electrons. The Labute approximate surface area is 93.3 Å². The maximum absolute atomic E-state index is 12.0. The highest BCUT2D eigenvalue weighted by Gasteiger charge is 2.33. The average Bonchev–Trinajstić information content (AvgIpc) is 2.17. The van der Waals surface area contributed by atoms with E-state index in [1.54, 1.807) is 6.08 Å². The molecule has 0 aliphatic heterocycles. The van der Waals surface area contributed by atoms with Gasteiger partial charge in [0.2, 0.25) is 0 Å². The van der Waals surface area contributed by atoms with Crippen LogP contribution in [0.2, 0.25) is 0 Å². The maximum atomic E-state index is 12.0. The third-order valence-electron chi connectivity index (χ3n) is 3.39. The summed E-state index contributed by atoms with van der Waals surface area (Å²) in [4.78, 5) is 12.0. The second-order valence-electron chi connectivity index (χ2n) is 4.86. The molecule has 0 aromatic heterocycles. The summed E-state index contributed by atoms with van der Waals surface area (Å²) in [5.41, 5.74) is 0. The van der Waals surface area contributed by atoms with Gasteiger partial charge in [-0.05, 0) is 37.2 Å². The zero-order valence-corrected chi connectivity index (χ0v) is 10.2. The van der Waals surface area contributed by atoms with Crippen LogP contribution in [-0.2, 0) is 4.79 Å². The van der Waals surface area contributed by atoms with E-state index in [0.717, 1.165) is 6.42 Å². The standard InChI is InChI=1S/C14H22O/c1-5-7-13(15)14-11(4)8-6-9-12(14)10(2)3/h5-8,10-12,14H,9H2,1-4H3/t11?,12-,14-/m0/s1. The molecule has 0 bridgehead atoms. The minimum absolute atomic E-state index is 0.186. The van der Waals surface area contributed by atoms with Gasteiger partial charge in [-0.1, -0.05) is 39.0 Å². The molecule has 1 unspecified atom stereocenters. The Morgan fingerprint density at radius 2 is 2.13 bits per heavy atom. The Kier molecular flexibility index (Phi) is 4.31. The highest BCUT2D eigenvalue weighted by atomic mass is 16.1. The average molecular weight is 206 g/mol. The van der Waals surface area contributed by atoms with E-state index in [4.69, 9.17) is 0 Å². The van der Waals surface area contributed by atoms with Crippen molar-refractivity contribution in [2.24, 2.45) is 23.7 Å². The Morgan fingerprint density at radius 1 is 1.47 bits per heavy atom. The van der Waals surface area contributed by atoms with Crippen LogP contribution >= 0.6 is 0 Å². The number of hydrogen-bond acceptors (Lipinski definition) is 1. The lowest BCUT2D eigenvalue weighted by Crippen LogP contribution is -2.33. The summed E-state index contributed by atoms with van der Waals surface area (Å²) in [7, 11) is 0. The predicted molar refractivity (Wildman–Crippen MR) is 64.6 cm³/mol. The van der Waals surface area contributed by atoms with Crippen LogP contribution in [0.1, 0.15) is 34.1 Å². The molecule has 1 rings (SSSR count). The van der Waals surface area contributed by atoms with Gasteiger partial charge >= 0.3 is 0 Å². The predicted octanol–water partition coefficient (Wildman–Crippen LogP) is 3.62. The van der Waals surface area contributed by atoms with Gasteiger partial charge < -0.3 is 0 Å². The first-order valence-corrected chi connectivity index (χ1v) is 5.91. The van der Waals surface area contributed by atoms with Crippen LogP contribution in [0.4, 0.5) is 0 Å². The summed E-state index contributed by atoms with van der Waals surface area (Å²) in [6, 6.07) is 0. The third-order valence-corrected chi connectivity index (χ3v) is 3.39. The van der Waals surface area contributed by atoms with Gasteiger partial charge in [0.1, 0.15) is 0 Å². The van der Waals surface area contributed by atoms with E-state index in [1.165, 1.54) is 0 Å². The lowest BCUT2D eigenvalue weighted by atomic mass is 9.70. The normalized spacial score (nSPS) is 31.4. The molecule has 0 aromatic rings. The van der Waals surface area contributed by atoms with E-state index in [-0.39, 0.29) is 5.92 Å². The van der Waals surface area contributed by atoms with Crippen molar-refractivity contribution in [3.63, 3.8) is 0 Å². The fourth-order valence-corrected chi connectivity index (χ4v) is 2.54. The number of carbonyl (C=O) groups is 1.